The Morgan fingerprint density at radius 3 is 2.69 bits per heavy atom. The molecule has 0 fully saturated rings. The Morgan fingerprint density at radius 1 is 1.25 bits per heavy atom. The third-order valence-corrected chi connectivity index (χ3v) is 2.34. The van der Waals surface area contributed by atoms with Crippen molar-refractivity contribution in [2.45, 2.75) is 6.61 Å². The lowest BCUT2D eigenvalue weighted by molar-refractivity contribution is 0.282. The number of pyridine rings is 1. The lowest BCUT2D eigenvalue weighted by Crippen LogP contribution is -2.06. The van der Waals surface area contributed by atoms with E-state index < -0.39 is 0 Å². The van der Waals surface area contributed by atoms with Crippen LogP contribution in [0.5, 0.6) is 0 Å². The summed E-state index contributed by atoms with van der Waals surface area (Å²) in [7, 11) is 0. The van der Waals surface area contributed by atoms with Crippen molar-refractivity contribution < 1.29 is 9.50 Å². The first-order valence-corrected chi connectivity index (χ1v) is 4.79. The van der Waals surface area contributed by atoms with Gasteiger partial charge in [0, 0.05) is 23.4 Å². The van der Waals surface area contributed by atoms with Gasteiger partial charge in [-0.2, -0.15) is 0 Å². The van der Waals surface area contributed by atoms with Crippen LogP contribution in [0.15, 0.2) is 41.3 Å². The van der Waals surface area contributed by atoms with Crippen LogP contribution in [0.3, 0.4) is 0 Å². The minimum absolute atomic E-state index is 0.298. The van der Waals surface area contributed by atoms with E-state index in [2.05, 4.69) is 4.98 Å². The molecule has 3 nitrogen and oxygen atoms in total. The molecule has 16 heavy (non-hydrogen) atoms. The van der Waals surface area contributed by atoms with E-state index in [0.717, 1.165) is 0 Å². The third-order valence-electron chi connectivity index (χ3n) is 2.34. The van der Waals surface area contributed by atoms with E-state index in [1.165, 1.54) is 18.3 Å². The summed E-state index contributed by atoms with van der Waals surface area (Å²) in [6.45, 7) is -0.298. The molecule has 0 saturated carbocycles. The Bertz CT molecular complexity index is 563. The molecule has 4 heteroatoms. The number of halogens is 1. The summed E-state index contributed by atoms with van der Waals surface area (Å²) in [5.41, 5.74) is 0.959. The molecule has 0 spiro atoms. The standard InChI is InChI=1S/C12H10FNO2/c13-11-4-2-1-3-9(11)10-6-14-12(16)5-8(10)7-15/h1-6,15H,7H2,(H,14,16). The molecule has 0 radical (unpaired) electrons. The molecule has 2 rings (SSSR count). The van der Waals surface area contributed by atoms with Crippen molar-refractivity contribution >= 4 is 0 Å². The fourth-order valence-corrected chi connectivity index (χ4v) is 1.57. The van der Waals surface area contributed by atoms with Crippen molar-refractivity contribution in [2.75, 3.05) is 0 Å². The maximum atomic E-state index is 13.5. The summed E-state index contributed by atoms with van der Waals surface area (Å²) in [6, 6.07) is 7.49. The van der Waals surface area contributed by atoms with Crippen molar-refractivity contribution in [3.8, 4) is 11.1 Å². The SMILES string of the molecule is O=c1cc(CO)c(-c2ccccc2F)c[nH]1. The summed E-state index contributed by atoms with van der Waals surface area (Å²) in [5, 5.41) is 9.12. The Labute approximate surface area is 91.2 Å². The molecule has 1 aromatic heterocycles. The van der Waals surface area contributed by atoms with E-state index >= 15 is 0 Å². The quantitative estimate of drug-likeness (QED) is 0.807. The number of rotatable bonds is 2. The minimum Gasteiger partial charge on any atom is -0.392 e. The number of hydrogen-bond donors (Lipinski definition) is 2. The van der Waals surface area contributed by atoms with E-state index in [0.29, 0.717) is 16.7 Å². The molecule has 0 aliphatic rings. The maximum Gasteiger partial charge on any atom is 0.248 e. The molecule has 0 aliphatic carbocycles. The molecule has 0 bridgehead atoms. The van der Waals surface area contributed by atoms with Gasteiger partial charge < -0.3 is 10.1 Å². The van der Waals surface area contributed by atoms with Crippen molar-refractivity contribution in [2.24, 2.45) is 0 Å². The molecular weight excluding hydrogens is 209 g/mol. The molecule has 0 atom stereocenters. The zero-order valence-electron chi connectivity index (χ0n) is 8.40. The topological polar surface area (TPSA) is 53.1 Å². The van der Waals surface area contributed by atoms with Crippen molar-refractivity contribution in [1.82, 2.24) is 4.98 Å². The molecule has 0 aliphatic heterocycles. The molecule has 2 N–H and O–H groups in total. The largest absolute Gasteiger partial charge is 0.392 e. The van der Waals surface area contributed by atoms with Gasteiger partial charge in [-0.05, 0) is 11.6 Å². The second-order valence-corrected chi connectivity index (χ2v) is 3.37. The molecule has 82 valence electrons. The number of aliphatic hydroxyl groups excluding tert-OH is 1. The van der Waals surface area contributed by atoms with Gasteiger partial charge in [0.05, 0.1) is 6.61 Å². The van der Waals surface area contributed by atoms with E-state index in [9.17, 15) is 9.18 Å². The second-order valence-electron chi connectivity index (χ2n) is 3.37. The number of benzene rings is 1. The van der Waals surface area contributed by atoms with Crippen LogP contribution in [0, 0.1) is 5.82 Å². The molecule has 0 saturated heterocycles. The van der Waals surface area contributed by atoms with Gasteiger partial charge >= 0.3 is 0 Å². The molecule has 1 heterocycles. The van der Waals surface area contributed by atoms with Crippen LogP contribution in [0.1, 0.15) is 5.56 Å². The minimum atomic E-state index is -0.385. The highest BCUT2D eigenvalue weighted by molar-refractivity contribution is 5.66. The number of hydrogen-bond acceptors (Lipinski definition) is 2. The number of nitrogens with one attached hydrogen (secondary N) is 1. The summed E-state index contributed by atoms with van der Waals surface area (Å²) < 4.78 is 13.5. The first kappa shape index (κ1) is 10.6. The Balaban J connectivity index is 2.65. The highest BCUT2D eigenvalue weighted by atomic mass is 19.1. The normalized spacial score (nSPS) is 10.4. The highest BCUT2D eigenvalue weighted by Gasteiger charge is 2.09. The fourth-order valence-electron chi connectivity index (χ4n) is 1.57. The lowest BCUT2D eigenvalue weighted by atomic mass is 10.0. The Morgan fingerprint density at radius 2 is 2.00 bits per heavy atom. The van der Waals surface area contributed by atoms with Crippen molar-refractivity contribution in [1.29, 1.82) is 0 Å². The van der Waals surface area contributed by atoms with Crippen LogP contribution in [0.4, 0.5) is 4.39 Å². The van der Waals surface area contributed by atoms with Gasteiger partial charge in [-0.15, -0.1) is 0 Å². The van der Waals surface area contributed by atoms with Crippen LogP contribution in [-0.4, -0.2) is 10.1 Å². The van der Waals surface area contributed by atoms with Gasteiger partial charge in [0.2, 0.25) is 5.56 Å². The summed E-state index contributed by atoms with van der Waals surface area (Å²) in [6.07, 6.45) is 1.41. The van der Waals surface area contributed by atoms with Gasteiger partial charge in [0.15, 0.2) is 0 Å². The summed E-state index contributed by atoms with van der Waals surface area (Å²) in [4.78, 5) is 13.5. The molecular formula is C12H10FNO2. The number of H-pyrrole nitrogens is 1. The van der Waals surface area contributed by atoms with Crippen molar-refractivity contribution in [3.63, 3.8) is 0 Å². The Hall–Kier alpha value is -1.94. The monoisotopic (exact) mass is 219 g/mol. The predicted molar refractivity (Wildman–Crippen MR) is 58.4 cm³/mol. The van der Waals surface area contributed by atoms with Crippen LogP contribution < -0.4 is 5.56 Å². The summed E-state index contributed by atoms with van der Waals surface area (Å²) >= 11 is 0. The van der Waals surface area contributed by atoms with Gasteiger partial charge in [-0.1, -0.05) is 18.2 Å². The summed E-state index contributed by atoms with van der Waals surface area (Å²) in [5.74, 6) is -0.385. The van der Waals surface area contributed by atoms with E-state index in [-0.39, 0.29) is 18.0 Å². The zero-order valence-corrected chi connectivity index (χ0v) is 8.40. The predicted octanol–water partition coefficient (Wildman–Crippen LogP) is 1.67. The Kier molecular flexibility index (Phi) is 2.83. The van der Waals surface area contributed by atoms with Gasteiger partial charge in [-0.3, -0.25) is 4.79 Å². The zero-order chi connectivity index (χ0) is 11.5. The lowest BCUT2D eigenvalue weighted by Gasteiger charge is -2.07. The van der Waals surface area contributed by atoms with Crippen molar-refractivity contribution in [3.05, 3.63) is 58.3 Å². The van der Waals surface area contributed by atoms with Crippen LogP contribution >= 0.6 is 0 Å². The fraction of sp³-hybridized carbons (Fsp3) is 0.0833. The molecule has 2 aromatic rings. The first-order valence-electron chi connectivity index (χ1n) is 4.79. The van der Waals surface area contributed by atoms with Gasteiger partial charge in [0.1, 0.15) is 5.82 Å². The van der Waals surface area contributed by atoms with Crippen LogP contribution in [-0.2, 0) is 6.61 Å². The van der Waals surface area contributed by atoms with E-state index in [4.69, 9.17) is 5.11 Å². The van der Waals surface area contributed by atoms with Gasteiger partial charge in [0.25, 0.3) is 0 Å². The smallest absolute Gasteiger partial charge is 0.248 e. The molecule has 0 amide bonds. The van der Waals surface area contributed by atoms with Gasteiger partial charge in [-0.25, -0.2) is 4.39 Å². The molecule has 1 aromatic carbocycles. The number of aliphatic hydroxyl groups is 1. The highest BCUT2D eigenvalue weighted by Crippen LogP contribution is 2.24. The third kappa shape index (κ3) is 1.87. The maximum absolute atomic E-state index is 13.5. The average Bonchev–Trinajstić information content (AvgIpc) is 2.30. The molecule has 0 unspecified atom stereocenters. The van der Waals surface area contributed by atoms with Crippen LogP contribution in [0.25, 0.3) is 11.1 Å². The second kappa shape index (κ2) is 4.28. The van der Waals surface area contributed by atoms with E-state index in [1.54, 1.807) is 18.2 Å². The van der Waals surface area contributed by atoms with E-state index in [1.807, 2.05) is 0 Å². The number of aromatic amines is 1. The van der Waals surface area contributed by atoms with Crippen LogP contribution in [0.2, 0.25) is 0 Å². The average molecular weight is 219 g/mol. The first-order chi connectivity index (χ1) is 7.72. The number of aromatic nitrogens is 1.